The van der Waals surface area contributed by atoms with Gasteiger partial charge in [0.2, 0.25) is 5.69 Å². The number of nitrogens with two attached hydrogens (primary N) is 1. The maximum Gasteiger partial charge on any atom is 0.211 e. The van der Waals surface area contributed by atoms with Gasteiger partial charge in [-0.3, -0.25) is 0 Å². The van der Waals surface area contributed by atoms with Gasteiger partial charge in [-0.25, -0.2) is 5.84 Å². The molecule has 1 rings (SSSR count). The zero-order chi connectivity index (χ0) is 7.40. The SMILES string of the molecule is CCCc1cccc[n+]1N.[I-]. The van der Waals surface area contributed by atoms with Crippen molar-refractivity contribution in [2.45, 2.75) is 19.8 Å². The predicted octanol–water partition coefficient (Wildman–Crippen LogP) is -2.36. The second-order valence-electron chi connectivity index (χ2n) is 2.35. The van der Waals surface area contributed by atoms with Crippen molar-refractivity contribution in [2.24, 2.45) is 0 Å². The summed E-state index contributed by atoms with van der Waals surface area (Å²) in [5.41, 5.74) is 1.19. The Hall–Kier alpha value is -0.320. The summed E-state index contributed by atoms with van der Waals surface area (Å²) in [4.78, 5) is 0. The summed E-state index contributed by atoms with van der Waals surface area (Å²) in [5.74, 6) is 5.62. The lowest BCUT2D eigenvalue weighted by Gasteiger charge is -1.93. The van der Waals surface area contributed by atoms with E-state index in [2.05, 4.69) is 6.92 Å². The van der Waals surface area contributed by atoms with Gasteiger partial charge in [0, 0.05) is 18.6 Å². The standard InChI is InChI=1S/C8H13N2.HI/c1-2-5-8-6-3-4-7-10(8)9;/h3-4,6-7H,2,5,9H2,1H3;1H/q+1;/p-1. The Morgan fingerprint density at radius 2 is 2.18 bits per heavy atom. The third kappa shape index (κ3) is 3.05. The third-order valence-corrected chi connectivity index (χ3v) is 1.48. The van der Waals surface area contributed by atoms with E-state index in [1.165, 1.54) is 5.69 Å². The minimum atomic E-state index is 0. The van der Waals surface area contributed by atoms with Gasteiger partial charge >= 0.3 is 0 Å². The molecule has 0 aliphatic carbocycles. The molecule has 0 aliphatic rings. The second kappa shape index (κ2) is 5.35. The first-order chi connectivity index (χ1) is 4.84. The lowest BCUT2D eigenvalue weighted by Crippen LogP contribution is -3.00. The average molecular weight is 264 g/mol. The zero-order valence-corrected chi connectivity index (χ0v) is 8.78. The number of hydrogen-bond acceptors (Lipinski definition) is 1. The highest BCUT2D eigenvalue weighted by Crippen LogP contribution is 1.93. The Balaban J connectivity index is 0.000001000. The van der Waals surface area contributed by atoms with Crippen LogP contribution in [0.2, 0.25) is 0 Å². The first-order valence-electron chi connectivity index (χ1n) is 3.59. The Labute approximate surface area is 84.4 Å². The summed E-state index contributed by atoms with van der Waals surface area (Å²) in [6, 6.07) is 5.98. The average Bonchev–Trinajstić information content (AvgIpc) is 1.94. The van der Waals surface area contributed by atoms with Gasteiger partial charge in [-0.1, -0.05) is 11.6 Å². The molecule has 0 amide bonds. The van der Waals surface area contributed by atoms with Crippen molar-refractivity contribution < 1.29 is 28.7 Å². The van der Waals surface area contributed by atoms with Crippen LogP contribution >= 0.6 is 0 Å². The monoisotopic (exact) mass is 264 g/mol. The van der Waals surface area contributed by atoms with Gasteiger partial charge in [-0.2, -0.15) is 0 Å². The largest absolute Gasteiger partial charge is 1.00 e. The summed E-state index contributed by atoms with van der Waals surface area (Å²) in [6.07, 6.45) is 4.06. The summed E-state index contributed by atoms with van der Waals surface area (Å²) < 4.78 is 1.67. The van der Waals surface area contributed by atoms with Gasteiger partial charge in [0.25, 0.3) is 0 Å². The van der Waals surface area contributed by atoms with Gasteiger partial charge in [0.15, 0.2) is 6.20 Å². The van der Waals surface area contributed by atoms with E-state index in [1.807, 2.05) is 24.4 Å². The van der Waals surface area contributed by atoms with E-state index >= 15 is 0 Å². The predicted molar refractivity (Wildman–Crippen MR) is 40.8 cm³/mol. The Kier molecular flexibility index (Phi) is 5.19. The molecule has 0 unspecified atom stereocenters. The second-order valence-corrected chi connectivity index (χ2v) is 2.35. The van der Waals surface area contributed by atoms with Crippen LogP contribution in [0.4, 0.5) is 0 Å². The van der Waals surface area contributed by atoms with Crippen molar-refractivity contribution in [1.29, 1.82) is 0 Å². The number of aryl methyl sites for hydroxylation is 1. The van der Waals surface area contributed by atoms with Gasteiger partial charge < -0.3 is 24.0 Å². The van der Waals surface area contributed by atoms with Gasteiger partial charge in [0.05, 0.1) is 0 Å². The van der Waals surface area contributed by atoms with Crippen LogP contribution in [0.1, 0.15) is 19.0 Å². The molecule has 0 saturated heterocycles. The van der Waals surface area contributed by atoms with Crippen molar-refractivity contribution in [3.8, 4) is 0 Å². The molecule has 2 N–H and O–H groups in total. The number of halogens is 1. The van der Waals surface area contributed by atoms with E-state index in [9.17, 15) is 0 Å². The summed E-state index contributed by atoms with van der Waals surface area (Å²) in [5, 5.41) is 0. The molecule has 1 aromatic heterocycles. The molecule has 0 radical (unpaired) electrons. The van der Waals surface area contributed by atoms with Crippen LogP contribution in [0, 0.1) is 0 Å². The molecular weight excluding hydrogens is 251 g/mol. The summed E-state index contributed by atoms with van der Waals surface area (Å²) in [7, 11) is 0. The van der Waals surface area contributed by atoms with Crippen LogP contribution in [-0.4, -0.2) is 0 Å². The van der Waals surface area contributed by atoms with Gasteiger partial charge in [0.1, 0.15) is 0 Å². The zero-order valence-electron chi connectivity index (χ0n) is 6.63. The molecule has 2 nitrogen and oxygen atoms in total. The third-order valence-electron chi connectivity index (χ3n) is 1.48. The van der Waals surface area contributed by atoms with E-state index in [0.717, 1.165) is 12.8 Å². The van der Waals surface area contributed by atoms with Crippen LogP contribution in [0.25, 0.3) is 0 Å². The molecule has 3 heteroatoms. The Bertz CT molecular complexity index is 213. The van der Waals surface area contributed by atoms with Crippen molar-refractivity contribution in [3.63, 3.8) is 0 Å². The maximum absolute atomic E-state index is 5.62. The van der Waals surface area contributed by atoms with E-state index in [0.29, 0.717) is 0 Å². The Morgan fingerprint density at radius 1 is 1.45 bits per heavy atom. The van der Waals surface area contributed by atoms with E-state index < -0.39 is 0 Å². The van der Waals surface area contributed by atoms with Crippen LogP contribution in [0.15, 0.2) is 24.4 Å². The maximum atomic E-state index is 5.62. The smallest absolute Gasteiger partial charge is 0.211 e. The molecule has 0 bridgehead atoms. The fourth-order valence-corrected chi connectivity index (χ4v) is 0.959. The fraction of sp³-hybridized carbons (Fsp3) is 0.375. The first-order valence-corrected chi connectivity index (χ1v) is 3.59. The lowest BCUT2D eigenvalue weighted by atomic mass is 10.2. The highest BCUT2D eigenvalue weighted by atomic mass is 127. The summed E-state index contributed by atoms with van der Waals surface area (Å²) in [6.45, 7) is 2.15. The van der Waals surface area contributed by atoms with Crippen LogP contribution in [-0.2, 0) is 6.42 Å². The van der Waals surface area contributed by atoms with Crippen LogP contribution in [0.5, 0.6) is 0 Å². The highest BCUT2D eigenvalue weighted by molar-refractivity contribution is 4.96. The van der Waals surface area contributed by atoms with Crippen molar-refractivity contribution in [3.05, 3.63) is 30.1 Å². The van der Waals surface area contributed by atoms with Crippen molar-refractivity contribution >= 4 is 0 Å². The summed E-state index contributed by atoms with van der Waals surface area (Å²) >= 11 is 0. The molecule has 62 valence electrons. The first kappa shape index (κ1) is 10.7. The van der Waals surface area contributed by atoms with E-state index in [-0.39, 0.29) is 24.0 Å². The molecular formula is C8H13IN2. The van der Waals surface area contributed by atoms with Crippen LogP contribution in [0.3, 0.4) is 0 Å². The van der Waals surface area contributed by atoms with Crippen LogP contribution < -0.4 is 34.5 Å². The minimum Gasteiger partial charge on any atom is -1.00 e. The number of rotatable bonds is 2. The molecule has 0 fully saturated rings. The number of aromatic nitrogens is 1. The normalized spacial score (nSPS) is 8.82. The lowest BCUT2D eigenvalue weighted by molar-refractivity contribution is -0.647. The van der Waals surface area contributed by atoms with Gasteiger partial charge in [-0.15, -0.1) is 0 Å². The Morgan fingerprint density at radius 3 is 2.73 bits per heavy atom. The fourth-order valence-electron chi connectivity index (χ4n) is 0.959. The molecule has 0 aromatic carbocycles. The molecule has 0 aliphatic heterocycles. The number of hydrogen-bond donors (Lipinski definition) is 1. The van der Waals surface area contributed by atoms with Gasteiger partial charge in [-0.05, 0) is 12.5 Å². The molecule has 0 saturated carbocycles. The topological polar surface area (TPSA) is 29.9 Å². The van der Waals surface area contributed by atoms with E-state index in [4.69, 9.17) is 5.84 Å². The molecule has 0 atom stereocenters. The van der Waals surface area contributed by atoms with E-state index in [1.54, 1.807) is 4.68 Å². The number of nitrogens with zero attached hydrogens (tertiary/aromatic N) is 1. The quantitative estimate of drug-likeness (QED) is 0.362. The molecule has 1 heterocycles. The van der Waals surface area contributed by atoms with Crippen molar-refractivity contribution in [2.75, 3.05) is 5.84 Å². The molecule has 0 spiro atoms. The van der Waals surface area contributed by atoms with Crippen molar-refractivity contribution in [1.82, 2.24) is 0 Å². The number of nitrogen functional groups attached to an aromatic ring is 1. The molecule has 11 heavy (non-hydrogen) atoms. The highest BCUT2D eigenvalue weighted by Gasteiger charge is 2.02. The molecule has 1 aromatic rings. The number of pyridine rings is 1. The minimum absolute atomic E-state index is 0.